The van der Waals surface area contributed by atoms with Gasteiger partial charge in [-0.15, -0.1) is 0 Å². The number of carbonyl (C=O) groups excluding carboxylic acids is 1. The summed E-state index contributed by atoms with van der Waals surface area (Å²) in [7, 11) is 0. The maximum absolute atomic E-state index is 12.0. The highest BCUT2D eigenvalue weighted by atomic mass is 16.3. The Morgan fingerprint density at radius 3 is 2.95 bits per heavy atom. The highest BCUT2D eigenvalue weighted by molar-refractivity contribution is 5.74. The third kappa shape index (κ3) is 3.56. The van der Waals surface area contributed by atoms with E-state index in [-0.39, 0.29) is 17.5 Å². The number of unbranched alkanes of at least 4 members (excludes halogenated alkanes) is 1. The third-order valence-corrected chi connectivity index (χ3v) is 3.86. The molecule has 1 atom stereocenters. The lowest BCUT2D eigenvalue weighted by atomic mass is 9.75. The van der Waals surface area contributed by atoms with Crippen molar-refractivity contribution in [3.8, 4) is 0 Å². The summed E-state index contributed by atoms with van der Waals surface area (Å²) in [6, 6.07) is 2.03. The van der Waals surface area contributed by atoms with E-state index in [9.17, 15) is 4.79 Å². The first kappa shape index (κ1) is 14.9. The molecule has 1 heterocycles. The van der Waals surface area contributed by atoms with Crippen LogP contribution < -0.4 is 10.6 Å². The second-order valence-corrected chi connectivity index (χ2v) is 6.59. The summed E-state index contributed by atoms with van der Waals surface area (Å²) in [6.07, 6.45) is 3.98. The van der Waals surface area contributed by atoms with Crippen molar-refractivity contribution in [2.75, 3.05) is 6.54 Å². The van der Waals surface area contributed by atoms with Crippen molar-refractivity contribution in [1.82, 2.24) is 10.6 Å². The zero-order chi connectivity index (χ0) is 14.8. The number of rotatable bonds is 4. The van der Waals surface area contributed by atoms with Gasteiger partial charge in [0.1, 0.15) is 11.5 Å². The van der Waals surface area contributed by atoms with E-state index in [4.69, 9.17) is 4.42 Å². The van der Waals surface area contributed by atoms with Gasteiger partial charge in [-0.2, -0.15) is 0 Å². The van der Waals surface area contributed by atoms with Crippen LogP contribution >= 0.6 is 0 Å². The molecular formula is C16H26N2O2. The summed E-state index contributed by atoms with van der Waals surface area (Å²) < 4.78 is 5.78. The largest absolute Gasteiger partial charge is 0.466 e. The first-order chi connectivity index (χ1) is 9.41. The molecule has 0 radical (unpaired) electrons. The van der Waals surface area contributed by atoms with Crippen LogP contribution in [0.5, 0.6) is 0 Å². The van der Waals surface area contributed by atoms with Crippen molar-refractivity contribution in [3.63, 3.8) is 0 Å². The van der Waals surface area contributed by atoms with E-state index in [1.807, 2.05) is 6.92 Å². The van der Waals surface area contributed by atoms with E-state index in [0.717, 1.165) is 49.3 Å². The molecule has 0 bridgehead atoms. The first-order valence-corrected chi connectivity index (χ1v) is 7.55. The molecule has 0 aromatic carbocycles. The number of nitrogens with one attached hydrogen (secondary N) is 2. The van der Waals surface area contributed by atoms with Gasteiger partial charge in [-0.1, -0.05) is 27.2 Å². The zero-order valence-corrected chi connectivity index (χ0v) is 13.0. The van der Waals surface area contributed by atoms with Crippen molar-refractivity contribution in [1.29, 1.82) is 0 Å². The third-order valence-electron chi connectivity index (χ3n) is 3.86. The highest BCUT2D eigenvalue weighted by Gasteiger charge is 2.35. The van der Waals surface area contributed by atoms with Crippen LogP contribution in [0.1, 0.15) is 63.2 Å². The summed E-state index contributed by atoms with van der Waals surface area (Å²) in [4.78, 5) is 12.0. The van der Waals surface area contributed by atoms with Crippen LogP contribution in [0.25, 0.3) is 0 Å². The maximum Gasteiger partial charge on any atom is 0.315 e. The fourth-order valence-corrected chi connectivity index (χ4v) is 2.90. The van der Waals surface area contributed by atoms with Gasteiger partial charge < -0.3 is 15.1 Å². The molecule has 0 fully saturated rings. The van der Waals surface area contributed by atoms with Gasteiger partial charge >= 0.3 is 6.03 Å². The van der Waals surface area contributed by atoms with Crippen LogP contribution in [-0.2, 0) is 6.42 Å². The predicted molar refractivity (Wildman–Crippen MR) is 79.7 cm³/mol. The van der Waals surface area contributed by atoms with Gasteiger partial charge in [-0.05, 0) is 31.2 Å². The molecular weight excluding hydrogens is 252 g/mol. The normalized spacial score (nSPS) is 20.3. The van der Waals surface area contributed by atoms with E-state index in [1.54, 1.807) is 0 Å². The SMILES string of the molecule is CCCCNC(=O)NC1CC(C)(C)Cc2oc(C)cc21. The fraction of sp³-hybridized carbons (Fsp3) is 0.688. The lowest BCUT2D eigenvalue weighted by Crippen LogP contribution is -2.41. The van der Waals surface area contributed by atoms with Gasteiger partial charge in [0.15, 0.2) is 0 Å². The van der Waals surface area contributed by atoms with Crippen LogP contribution in [0, 0.1) is 12.3 Å². The Morgan fingerprint density at radius 2 is 2.25 bits per heavy atom. The average Bonchev–Trinajstić information content (AvgIpc) is 2.68. The average molecular weight is 278 g/mol. The molecule has 0 saturated carbocycles. The van der Waals surface area contributed by atoms with E-state index in [2.05, 4.69) is 37.5 Å². The maximum atomic E-state index is 12.0. The lowest BCUT2D eigenvalue weighted by Gasteiger charge is -2.34. The minimum atomic E-state index is -0.0778. The van der Waals surface area contributed by atoms with Crippen LogP contribution in [0.2, 0.25) is 0 Å². The fourth-order valence-electron chi connectivity index (χ4n) is 2.90. The molecule has 2 N–H and O–H groups in total. The Bertz CT molecular complexity index is 477. The zero-order valence-electron chi connectivity index (χ0n) is 13.0. The number of fused-ring (bicyclic) bond motifs is 1. The summed E-state index contributed by atoms with van der Waals surface area (Å²) in [5.74, 6) is 1.95. The van der Waals surface area contributed by atoms with Crippen LogP contribution in [-0.4, -0.2) is 12.6 Å². The molecule has 1 unspecified atom stereocenters. The smallest absolute Gasteiger partial charge is 0.315 e. The molecule has 4 heteroatoms. The van der Waals surface area contributed by atoms with Crippen molar-refractivity contribution in [2.45, 2.75) is 59.4 Å². The van der Waals surface area contributed by atoms with E-state index >= 15 is 0 Å². The lowest BCUT2D eigenvalue weighted by molar-refractivity contribution is 0.214. The number of urea groups is 1. The molecule has 112 valence electrons. The summed E-state index contributed by atoms with van der Waals surface area (Å²) >= 11 is 0. The molecule has 1 aromatic rings. The molecule has 0 spiro atoms. The molecule has 0 saturated heterocycles. The molecule has 4 nitrogen and oxygen atoms in total. The Hall–Kier alpha value is -1.45. The first-order valence-electron chi connectivity index (χ1n) is 7.55. The molecule has 1 aromatic heterocycles. The second-order valence-electron chi connectivity index (χ2n) is 6.59. The minimum absolute atomic E-state index is 0.0489. The monoisotopic (exact) mass is 278 g/mol. The Balaban J connectivity index is 2.05. The van der Waals surface area contributed by atoms with Crippen LogP contribution in [0.3, 0.4) is 0 Å². The van der Waals surface area contributed by atoms with Crippen LogP contribution in [0.15, 0.2) is 10.5 Å². The van der Waals surface area contributed by atoms with E-state index in [0.29, 0.717) is 0 Å². The molecule has 2 amide bonds. The number of carbonyl (C=O) groups is 1. The molecule has 1 aliphatic carbocycles. The van der Waals surface area contributed by atoms with Gasteiger partial charge in [0.05, 0.1) is 6.04 Å². The van der Waals surface area contributed by atoms with Gasteiger partial charge in [0.2, 0.25) is 0 Å². The van der Waals surface area contributed by atoms with Gasteiger partial charge in [-0.3, -0.25) is 0 Å². The van der Waals surface area contributed by atoms with Crippen LogP contribution in [0.4, 0.5) is 4.79 Å². The number of amides is 2. The molecule has 1 aliphatic rings. The van der Waals surface area contributed by atoms with E-state index in [1.165, 1.54) is 0 Å². The van der Waals surface area contributed by atoms with Crippen molar-refractivity contribution in [2.24, 2.45) is 5.41 Å². The second kappa shape index (κ2) is 5.90. The van der Waals surface area contributed by atoms with Gasteiger partial charge in [-0.25, -0.2) is 4.79 Å². The van der Waals surface area contributed by atoms with Gasteiger partial charge in [0.25, 0.3) is 0 Å². The summed E-state index contributed by atoms with van der Waals surface area (Å²) in [6.45, 7) is 9.25. The van der Waals surface area contributed by atoms with Gasteiger partial charge in [0, 0.05) is 18.5 Å². The predicted octanol–water partition coefficient (Wildman–Crippen LogP) is 3.70. The minimum Gasteiger partial charge on any atom is -0.466 e. The van der Waals surface area contributed by atoms with Crippen molar-refractivity contribution >= 4 is 6.03 Å². The quantitative estimate of drug-likeness (QED) is 0.825. The number of aryl methyl sites for hydroxylation is 1. The molecule has 0 aliphatic heterocycles. The van der Waals surface area contributed by atoms with E-state index < -0.39 is 0 Å². The Kier molecular flexibility index (Phi) is 4.41. The van der Waals surface area contributed by atoms with Crippen molar-refractivity contribution in [3.05, 3.63) is 23.2 Å². The topological polar surface area (TPSA) is 54.3 Å². The summed E-state index contributed by atoms with van der Waals surface area (Å²) in [5.41, 5.74) is 1.30. The molecule has 2 rings (SSSR count). The Morgan fingerprint density at radius 1 is 1.50 bits per heavy atom. The van der Waals surface area contributed by atoms with Crippen molar-refractivity contribution < 1.29 is 9.21 Å². The Labute approximate surface area is 121 Å². The summed E-state index contributed by atoms with van der Waals surface area (Å²) in [5, 5.41) is 6.01. The molecule has 20 heavy (non-hydrogen) atoms. The number of hydrogen-bond acceptors (Lipinski definition) is 2. The number of furan rings is 1. The standard InChI is InChI=1S/C16H26N2O2/c1-5-6-7-17-15(19)18-13-9-16(3,4)10-14-12(13)8-11(2)20-14/h8,13H,5-7,9-10H2,1-4H3,(H2,17,18,19). The number of hydrogen-bond donors (Lipinski definition) is 2. The highest BCUT2D eigenvalue weighted by Crippen LogP contribution is 2.41.